The highest BCUT2D eigenvalue weighted by molar-refractivity contribution is 7.84. The lowest BCUT2D eigenvalue weighted by atomic mass is 10.3. The number of carbonyl (C=O) groups excluding carboxylic acids is 1. The lowest BCUT2D eigenvalue weighted by Crippen LogP contribution is -2.54. The van der Waals surface area contributed by atoms with Gasteiger partial charge in [0.05, 0.1) is 6.54 Å². The summed E-state index contributed by atoms with van der Waals surface area (Å²) in [6.07, 6.45) is -0.744. The van der Waals surface area contributed by atoms with Gasteiger partial charge >= 0.3 is 6.03 Å². The van der Waals surface area contributed by atoms with Crippen molar-refractivity contribution in [3.8, 4) is 0 Å². The van der Waals surface area contributed by atoms with Crippen molar-refractivity contribution in [2.24, 2.45) is 0 Å². The number of nitrogens with one attached hydrogen (secondary N) is 1. The second-order valence-electron chi connectivity index (χ2n) is 4.77. The van der Waals surface area contributed by atoms with Gasteiger partial charge in [-0.05, 0) is 6.92 Å². The molecule has 1 N–H and O–H groups in total. The van der Waals surface area contributed by atoms with Gasteiger partial charge in [-0.1, -0.05) is 0 Å². The SMILES string of the molecule is CC(CS(C)=O)NC(=O)N1CCN(CC(F)F)CC1. The van der Waals surface area contributed by atoms with Crippen LogP contribution in [0.15, 0.2) is 0 Å². The highest BCUT2D eigenvalue weighted by atomic mass is 32.2. The Hall–Kier alpha value is -0.760. The molecule has 1 aliphatic rings. The van der Waals surface area contributed by atoms with Crippen molar-refractivity contribution in [2.75, 3.05) is 44.7 Å². The predicted molar refractivity (Wildman–Crippen MR) is 70.9 cm³/mol. The summed E-state index contributed by atoms with van der Waals surface area (Å²) in [5, 5.41) is 2.76. The van der Waals surface area contributed by atoms with Gasteiger partial charge in [0, 0.05) is 55.0 Å². The monoisotopic (exact) mass is 297 g/mol. The summed E-state index contributed by atoms with van der Waals surface area (Å²) in [5.41, 5.74) is 0. The summed E-state index contributed by atoms with van der Waals surface area (Å²) in [6, 6.07) is -0.368. The van der Waals surface area contributed by atoms with Crippen molar-refractivity contribution < 1.29 is 17.8 Å². The molecule has 8 heteroatoms. The second kappa shape index (κ2) is 7.74. The smallest absolute Gasteiger partial charge is 0.317 e. The molecule has 2 amide bonds. The average Bonchev–Trinajstić information content (AvgIpc) is 2.27. The maximum atomic E-state index is 12.2. The van der Waals surface area contributed by atoms with Crippen LogP contribution in [0.3, 0.4) is 0 Å². The van der Waals surface area contributed by atoms with Gasteiger partial charge in [0.25, 0.3) is 6.43 Å². The number of urea groups is 1. The maximum Gasteiger partial charge on any atom is 0.317 e. The Bertz CT molecular complexity index is 323. The molecule has 1 rings (SSSR count). The van der Waals surface area contributed by atoms with Crippen LogP contribution < -0.4 is 5.32 Å². The van der Waals surface area contributed by atoms with Crippen molar-refractivity contribution >= 4 is 16.8 Å². The first kappa shape index (κ1) is 16.3. The summed E-state index contributed by atoms with van der Waals surface area (Å²) < 4.78 is 35.4. The summed E-state index contributed by atoms with van der Waals surface area (Å²) in [4.78, 5) is 15.1. The first-order chi connectivity index (χ1) is 8.88. The largest absolute Gasteiger partial charge is 0.335 e. The molecule has 0 aromatic heterocycles. The van der Waals surface area contributed by atoms with Crippen molar-refractivity contribution in [1.29, 1.82) is 0 Å². The Morgan fingerprint density at radius 2 is 1.89 bits per heavy atom. The molecule has 1 saturated heterocycles. The molecule has 2 atom stereocenters. The molecular formula is C11H21F2N3O2S. The van der Waals surface area contributed by atoms with Crippen molar-refractivity contribution in [3.63, 3.8) is 0 Å². The van der Waals surface area contributed by atoms with Gasteiger partial charge in [0.2, 0.25) is 0 Å². The number of carbonyl (C=O) groups is 1. The summed E-state index contributed by atoms with van der Waals surface area (Å²) >= 11 is 0. The standard InChI is InChI=1S/C11H21F2N3O2S/c1-9(8-19(2)18)14-11(17)16-5-3-15(4-6-16)7-10(12)13/h9-10H,3-8H2,1-2H3,(H,14,17). The van der Waals surface area contributed by atoms with E-state index in [9.17, 15) is 17.8 Å². The Morgan fingerprint density at radius 1 is 1.32 bits per heavy atom. The zero-order chi connectivity index (χ0) is 14.4. The van der Waals surface area contributed by atoms with Gasteiger partial charge in [-0.2, -0.15) is 0 Å². The van der Waals surface area contributed by atoms with E-state index < -0.39 is 17.2 Å². The molecule has 0 bridgehead atoms. The van der Waals surface area contributed by atoms with Crippen LogP contribution in [0.4, 0.5) is 13.6 Å². The zero-order valence-electron chi connectivity index (χ0n) is 11.3. The molecule has 1 heterocycles. The van der Waals surface area contributed by atoms with E-state index in [0.29, 0.717) is 31.9 Å². The maximum absolute atomic E-state index is 12.2. The van der Waals surface area contributed by atoms with E-state index in [2.05, 4.69) is 5.32 Å². The van der Waals surface area contributed by atoms with Crippen LogP contribution in [-0.2, 0) is 10.8 Å². The Labute approximate surface area is 114 Å². The molecule has 0 aliphatic carbocycles. The first-order valence-corrected chi connectivity index (χ1v) is 7.97. The molecule has 0 spiro atoms. The number of alkyl halides is 2. The van der Waals surface area contributed by atoms with E-state index >= 15 is 0 Å². The highest BCUT2D eigenvalue weighted by Gasteiger charge is 2.23. The van der Waals surface area contributed by atoms with E-state index in [0.717, 1.165) is 0 Å². The fourth-order valence-electron chi connectivity index (χ4n) is 2.02. The Morgan fingerprint density at radius 3 is 2.37 bits per heavy atom. The molecule has 1 aliphatic heterocycles. The third kappa shape index (κ3) is 6.29. The number of amides is 2. The molecule has 5 nitrogen and oxygen atoms in total. The van der Waals surface area contributed by atoms with E-state index in [1.165, 1.54) is 0 Å². The van der Waals surface area contributed by atoms with Gasteiger partial charge in [-0.25, -0.2) is 13.6 Å². The molecular weight excluding hydrogens is 276 g/mol. The molecule has 0 aromatic rings. The summed E-state index contributed by atoms with van der Waals surface area (Å²) in [7, 11) is -0.954. The third-order valence-corrected chi connectivity index (χ3v) is 3.88. The number of piperazine rings is 1. The quantitative estimate of drug-likeness (QED) is 0.796. The van der Waals surface area contributed by atoms with Gasteiger partial charge in [-0.3, -0.25) is 9.11 Å². The van der Waals surface area contributed by atoms with Crippen LogP contribution >= 0.6 is 0 Å². The van der Waals surface area contributed by atoms with E-state index in [1.54, 1.807) is 23.0 Å². The molecule has 112 valence electrons. The molecule has 0 radical (unpaired) electrons. The van der Waals surface area contributed by atoms with Crippen molar-refractivity contribution in [3.05, 3.63) is 0 Å². The molecule has 2 unspecified atom stereocenters. The molecule has 0 aromatic carbocycles. The van der Waals surface area contributed by atoms with Gasteiger partial charge in [0.15, 0.2) is 0 Å². The average molecular weight is 297 g/mol. The molecule has 19 heavy (non-hydrogen) atoms. The van der Waals surface area contributed by atoms with E-state index in [1.807, 2.05) is 0 Å². The first-order valence-electron chi connectivity index (χ1n) is 6.24. The molecule has 1 fully saturated rings. The third-order valence-electron chi connectivity index (χ3n) is 2.91. The number of hydrogen-bond acceptors (Lipinski definition) is 3. The lowest BCUT2D eigenvalue weighted by Gasteiger charge is -2.35. The van der Waals surface area contributed by atoms with Crippen molar-refractivity contribution in [1.82, 2.24) is 15.1 Å². The van der Waals surface area contributed by atoms with Crippen LogP contribution in [0, 0.1) is 0 Å². The zero-order valence-corrected chi connectivity index (χ0v) is 12.1. The van der Waals surface area contributed by atoms with Gasteiger partial charge in [-0.15, -0.1) is 0 Å². The van der Waals surface area contributed by atoms with Gasteiger partial charge < -0.3 is 10.2 Å². The number of halogens is 2. The van der Waals surface area contributed by atoms with Crippen LogP contribution in [0.2, 0.25) is 0 Å². The fourth-order valence-corrected chi connectivity index (χ4v) is 2.81. The highest BCUT2D eigenvalue weighted by Crippen LogP contribution is 2.05. The van der Waals surface area contributed by atoms with E-state index in [4.69, 9.17) is 0 Å². The predicted octanol–water partition coefficient (Wildman–Crippen LogP) is 0.346. The Kier molecular flexibility index (Phi) is 6.64. The summed E-state index contributed by atoms with van der Waals surface area (Å²) in [5.74, 6) is 0.414. The topological polar surface area (TPSA) is 52.7 Å². The second-order valence-corrected chi connectivity index (χ2v) is 6.25. The van der Waals surface area contributed by atoms with Crippen molar-refractivity contribution in [2.45, 2.75) is 19.4 Å². The normalized spacial score (nSPS) is 20.4. The van der Waals surface area contributed by atoms with Crippen LogP contribution in [0.5, 0.6) is 0 Å². The minimum Gasteiger partial charge on any atom is -0.335 e. The van der Waals surface area contributed by atoms with E-state index in [-0.39, 0.29) is 18.6 Å². The fraction of sp³-hybridized carbons (Fsp3) is 0.909. The number of rotatable bonds is 5. The summed E-state index contributed by atoms with van der Waals surface area (Å²) in [6.45, 7) is 3.38. The minimum atomic E-state index is -2.33. The van der Waals surface area contributed by atoms with Crippen LogP contribution in [0.25, 0.3) is 0 Å². The number of hydrogen-bond donors (Lipinski definition) is 1. The van der Waals surface area contributed by atoms with Crippen LogP contribution in [0.1, 0.15) is 6.92 Å². The molecule has 0 saturated carbocycles. The van der Waals surface area contributed by atoms with Crippen LogP contribution in [-0.4, -0.2) is 77.2 Å². The minimum absolute atomic E-state index is 0.155. The van der Waals surface area contributed by atoms with Gasteiger partial charge in [0.1, 0.15) is 0 Å². The number of nitrogens with zero attached hydrogens (tertiary/aromatic N) is 2. The lowest BCUT2D eigenvalue weighted by molar-refractivity contribution is 0.0634. The Balaban J connectivity index is 2.30.